The van der Waals surface area contributed by atoms with Crippen LogP contribution < -0.4 is 0 Å². The topological polar surface area (TPSA) is 60.7 Å². The molecule has 0 aromatic rings. The quantitative estimate of drug-likeness (QED) is 0.523. The summed E-state index contributed by atoms with van der Waals surface area (Å²) in [6.07, 6.45) is 9.68. The third-order valence-electron chi connectivity index (χ3n) is 11.8. The third kappa shape index (κ3) is 3.83. The van der Waals surface area contributed by atoms with Crippen LogP contribution in [0.1, 0.15) is 99.3 Å². The fraction of sp³-hybridized carbons (Fsp3) is 1.00. The van der Waals surface area contributed by atoms with Gasteiger partial charge < -0.3 is 15.3 Å². The van der Waals surface area contributed by atoms with Gasteiger partial charge >= 0.3 is 0 Å². The van der Waals surface area contributed by atoms with Gasteiger partial charge in [0.15, 0.2) is 0 Å². The first kappa shape index (κ1) is 24.0. The zero-order valence-corrected chi connectivity index (χ0v) is 21.1. The van der Waals surface area contributed by atoms with E-state index >= 15 is 0 Å². The maximum atomic E-state index is 11.1. The second kappa shape index (κ2) is 8.58. The minimum absolute atomic E-state index is 0.0682. The summed E-state index contributed by atoms with van der Waals surface area (Å²) in [7, 11) is 0. The second-order valence-corrected chi connectivity index (χ2v) is 13.3. The molecule has 3 heteroatoms. The summed E-state index contributed by atoms with van der Waals surface area (Å²) < 4.78 is 0. The van der Waals surface area contributed by atoms with E-state index in [4.69, 9.17) is 0 Å². The average molecular weight is 435 g/mol. The lowest BCUT2D eigenvalue weighted by Crippen LogP contribution is -2.54. The Bertz CT molecular complexity index is 634. The smallest absolute Gasteiger partial charge is 0.0830 e. The maximum Gasteiger partial charge on any atom is 0.0830 e. The Morgan fingerprint density at radius 3 is 2.06 bits per heavy atom. The van der Waals surface area contributed by atoms with Crippen LogP contribution in [0.4, 0.5) is 0 Å². The van der Waals surface area contributed by atoms with Crippen molar-refractivity contribution in [3.63, 3.8) is 0 Å². The molecular weight excluding hydrogens is 384 g/mol. The molecule has 4 aliphatic rings. The van der Waals surface area contributed by atoms with Crippen LogP contribution in [0.15, 0.2) is 0 Å². The van der Waals surface area contributed by atoms with Gasteiger partial charge in [0.25, 0.3) is 0 Å². The Morgan fingerprint density at radius 1 is 0.742 bits per heavy atom. The average Bonchev–Trinajstić information content (AvgIpc) is 3.09. The number of rotatable bonds is 5. The van der Waals surface area contributed by atoms with E-state index in [0.29, 0.717) is 28.6 Å². The van der Waals surface area contributed by atoms with Crippen molar-refractivity contribution in [3.05, 3.63) is 0 Å². The van der Waals surface area contributed by atoms with Gasteiger partial charge in [0, 0.05) is 0 Å². The van der Waals surface area contributed by atoms with Crippen LogP contribution in [-0.4, -0.2) is 33.6 Å². The number of hydrogen-bond donors (Lipinski definition) is 3. The van der Waals surface area contributed by atoms with E-state index in [1.54, 1.807) is 0 Å². The van der Waals surface area contributed by atoms with E-state index in [1.165, 1.54) is 44.9 Å². The van der Waals surface area contributed by atoms with E-state index in [-0.39, 0.29) is 17.9 Å². The van der Waals surface area contributed by atoms with Crippen molar-refractivity contribution in [2.45, 2.75) is 118 Å². The number of aliphatic hydroxyl groups excluding tert-OH is 3. The van der Waals surface area contributed by atoms with Gasteiger partial charge in [-0.05, 0) is 116 Å². The van der Waals surface area contributed by atoms with E-state index in [1.807, 2.05) is 0 Å². The summed E-state index contributed by atoms with van der Waals surface area (Å²) in [4.78, 5) is 0. The van der Waals surface area contributed by atoms with Gasteiger partial charge in [-0.25, -0.2) is 0 Å². The molecule has 0 bridgehead atoms. The van der Waals surface area contributed by atoms with Crippen LogP contribution in [0.3, 0.4) is 0 Å². The number of hydrogen-bond acceptors (Lipinski definition) is 3. The zero-order chi connectivity index (χ0) is 22.7. The minimum Gasteiger partial charge on any atom is -0.393 e. The molecule has 4 rings (SSSR count). The molecule has 0 heterocycles. The fourth-order valence-corrected chi connectivity index (χ4v) is 9.39. The molecule has 3 nitrogen and oxygen atoms in total. The van der Waals surface area contributed by atoms with E-state index in [2.05, 4.69) is 41.5 Å². The van der Waals surface area contributed by atoms with Crippen molar-refractivity contribution in [2.75, 3.05) is 0 Å². The highest BCUT2D eigenvalue weighted by molar-refractivity contribution is 5.10. The molecule has 31 heavy (non-hydrogen) atoms. The van der Waals surface area contributed by atoms with Crippen molar-refractivity contribution in [3.8, 4) is 0 Å². The molecule has 0 spiro atoms. The first-order chi connectivity index (χ1) is 14.5. The molecule has 180 valence electrons. The SMILES string of the molecule is CC(C)[C@H](C)[C@@H](O)[C@H](O)[C@@H](C)[C@H]1CC[C@H]2[C@H]3CC[C@H]4C[C@@H](O)CC[C@@]4(C)[C@H]3CC[C@@]12C. The molecule has 0 unspecified atom stereocenters. The lowest BCUT2D eigenvalue weighted by Gasteiger charge is -2.61. The van der Waals surface area contributed by atoms with Gasteiger partial charge in [0.1, 0.15) is 0 Å². The Morgan fingerprint density at radius 2 is 1.39 bits per heavy atom. The summed E-state index contributed by atoms with van der Waals surface area (Å²) in [5.74, 6) is 4.30. The lowest BCUT2D eigenvalue weighted by atomic mass is 9.44. The summed E-state index contributed by atoms with van der Waals surface area (Å²) in [5.41, 5.74) is 0.731. The van der Waals surface area contributed by atoms with Crippen LogP contribution >= 0.6 is 0 Å². The molecule has 0 aliphatic heterocycles. The highest BCUT2D eigenvalue weighted by Crippen LogP contribution is 2.68. The van der Waals surface area contributed by atoms with Gasteiger partial charge in [0.2, 0.25) is 0 Å². The standard InChI is InChI=1S/C28H50O3/c1-16(2)17(3)25(30)26(31)18(4)22-9-10-23-21-8-7-19-15-20(29)11-13-27(19,5)24(21)12-14-28(22,23)6/h16-26,29-31H,7-15H2,1-6H3/t17-,18-,19-,20-,21+,22+,23-,24-,25+,26+,27+,28-/m0/s1. The highest BCUT2D eigenvalue weighted by Gasteiger charge is 2.61. The van der Waals surface area contributed by atoms with Crippen LogP contribution in [0.5, 0.6) is 0 Å². The highest BCUT2D eigenvalue weighted by atomic mass is 16.3. The normalized spacial score (nSPS) is 49.0. The first-order valence-corrected chi connectivity index (χ1v) is 13.5. The molecule has 4 aliphatic carbocycles. The molecule has 0 aromatic carbocycles. The Balaban J connectivity index is 1.51. The second-order valence-electron chi connectivity index (χ2n) is 13.3. The molecular formula is C28H50O3. The molecule has 3 N–H and O–H groups in total. The van der Waals surface area contributed by atoms with Crippen molar-refractivity contribution in [2.24, 2.45) is 58.2 Å². The number of aliphatic hydroxyl groups is 3. The predicted octanol–water partition coefficient (Wildman–Crippen LogP) is 5.66. The van der Waals surface area contributed by atoms with E-state index in [0.717, 1.165) is 30.6 Å². The molecule has 0 aromatic heterocycles. The molecule has 4 saturated carbocycles. The largest absolute Gasteiger partial charge is 0.393 e. The van der Waals surface area contributed by atoms with Crippen molar-refractivity contribution < 1.29 is 15.3 Å². The van der Waals surface area contributed by atoms with Gasteiger partial charge in [-0.1, -0.05) is 41.5 Å². The summed E-state index contributed by atoms with van der Waals surface area (Å²) in [5, 5.41) is 32.3. The Labute approximate surface area is 191 Å². The van der Waals surface area contributed by atoms with Crippen LogP contribution in [0.2, 0.25) is 0 Å². The Kier molecular flexibility index (Phi) is 6.65. The van der Waals surface area contributed by atoms with Crippen molar-refractivity contribution >= 4 is 0 Å². The zero-order valence-electron chi connectivity index (χ0n) is 21.1. The predicted molar refractivity (Wildman–Crippen MR) is 126 cm³/mol. The van der Waals surface area contributed by atoms with Gasteiger partial charge in [-0.15, -0.1) is 0 Å². The molecule has 4 fully saturated rings. The molecule has 0 amide bonds. The van der Waals surface area contributed by atoms with Gasteiger partial charge in [-0.2, -0.15) is 0 Å². The number of fused-ring (bicyclic) bond motifs is 5. The third-order valence-corrected chi connectivity index (χ3v) is 11.8. The van der Waals surface area contributed by atoms with Crippen molar-refractivity contribution in [1.82, 2.24) is 0 Å². The van der Waals surface area contributed by atoms with Crippen molar-refractivity contribution in [1.29, 1.82) is 0 Å². The fourth-order valence-electron chi connectivity index (χ4n) is 9.39. The first-order valence-electron chi connectivity index (χ1n) is 13.5. The van der Waals surface area contributed by atoms with Crippen LogP contribution in [-0.2, 0) is 0 Å². The Hall–Kier alpha value is -0.120. The van der Waals surface area contributed by atoms with Gasteiger partial charge in [0.05, 0.1) is 18.3 Å². The van der Waals surface area contributed by atoms with E-state index < -0.39 is 12.2 Å². The van der Waals surface area contributed by atoms with Crippen LogP contribution in [0.25, 0.3) is 0 Å². The molecule has 12 atom stereocenters. The van der Waals surface area contributed by atoms with Gasteiger partial charge in [-0.3, -0.25) is 0 Å². The minimum atomic E-state index is -0.628. The monoisotopic (exact) mass is 434 g/mol. The molecule has 0 radical (unpaired) electrons. The molecule has 0 saturated heterocycles. The van der Waals surface area contributed by atoms with E-state index in [9.17, 15) is 15.3 Å². The lowest BCUT2D eigenvalue weighted by molar-refractivity contribution is -0.136. The maximum absolute atomic E-state index is 11.1. The summed E-state index contributed by atoms with van der Waals surface area (Å²) >= 11 is 0. The summed E-state index contributed by atoms with van der Waals surface area (Å²) in [6, 6.07) is 0. The van der Waals surface area contributed by atoms with Crippen LogP contribution in [0, 0.1) is 58.2 Å². The summed E-state index contributed by atoms with van der Waals surface area (Å²) in [6.45, 7) is 13.7.